The third-order valence-electron chi connectivity index (χ3n) is 3.41. The maximum absolute atomic E-state index is 11.9. The first-order valence-corrected chi connectivity index (χ1v) is 7.92. The van der Waals surface area contributed by atoms with Gasteiger partial charge in [0, 0.05) is 30.3 Å². The number of pyridine rings is 1. The molecule has 0 aliphatic heterocycles. The second-order valence-electron chi connectivity index (χ2n) is 5.19. The van der Waals surface area contributed by atoms with Gasteiger partial charge in [-0.25, -0.2) is 4.98 Å². The molecule has 8 nitrogen and oxygen atoms in total. The minimum atomic E-state index is -0.430. The molecule has 2 aromatic heterocycles. The number of carbonyl (C=O) groups is 2. The number of nitrogens with one attached hydrogen (secondary N) is 1. The quantitative estimate of drug-likeness (QED) is 0.396. The summed E-state index contributed by atoms with van der Waals surface area (Å²) in [4.78, 5) is 34.2. The van der Waals surface area contributed by atoms with Crippen LogP contribution >= 0.6 is 0 Å². The number of H-pyrrole nitrogens is 1. The molecule has 0 aromatic carbocycles. The zero-order valence-electron chi connectivity index (χ0n) is 14.3. The Balaban J connectivity index is 2.01. The normalized spacial score (nSPS) is 10.5. The number of hydrogen-bond acceptors (Lipinski definition) is 7. The smallest absolute Gasteiger partial charge is 0.312 e. The minimum absolute atomic E-state index is 0.0594. The first-order chi connectivity index (χ1) is 12.2. The molecule has 0 bridgehead atoms. The molecular weight excluding hydrogens is 326 g/mol. The van der Waals surface area contributed by atoms with Crippen LogP contribution in [0.15, 0.2) is 18.7 Å². The van der Waals surface area contributed by atoms with Gasteiger partial charge in [-0.1, -0.05) is 0 Å². The van der Waals surface area contributed by atoms with Crippen LogP contribution < -0.4 is 4.74 Å². The highest BCUT2D eigenvalue weighted by Crippen LogP contribution is 2.24. The van der Waals surface area contributed by atoms with Crippen LogP contribution in [-0.4, -0.2) is 47.0 Å². The molecule has 2 rings (SSSR count). The third kappa shape index (κ3) is 5.39. The molecule has 25 heavy (non-hydrogen) atoms. The molecule has 0 aliphatic carbocycles. The summed E-state index contributed by atoms with van der Waals surface area (Å²) in [7, 11) is 0. The summed E-state index contributed by atoms with van der Waals surface area (Å²) < 4.78 is 16.1. The maximum atomic E-state index is 11.9. The van der Waals surface area contributed by atoms with Crippen molar-refractivity contribution in [1.29, 1.82) is 0 Å². The van der Waals surface area contributed by atoms with E-state index in [0.29, 0.717) is 54.4 Å². The average molecular weight is 347 g/mol. The molecule has 0 fully saturated rings. The molecule has 0 radical (unpaired) electrons. The second kappa shape index (κ2) is 9.53. The first kappa shape index (κ1) is 18.6. The summed E-state index contributed by atoms with van der Waals surface area (Å²) in [5.74, 6) is -0.0442. The summed E-state index contributed by atoms with van der Waals surface area (Å²) in [5.41, 5.74) is 2.07. The number of ether oxygens (including phenoxy) is 3. The number of aromatic amines is 1. The second-order valence-corrected chi connectivity index (χ2v) is 5.19. The van der Waals surface area contributed by atoms with Crippen molar-refractivity contribution in [2.45, 2.75) is 26.9 Å². The predicted molar refractivity (Wildman–Crippen MR) is 88.4 cm³/mol. The van der Waals surface area contributed by atoms with Crippen LogP contribution in [0.4, 0.5) is 0 Å². The van der Waals surface area contributed by atoms with Crippen LogP contribution in [0.25, 0.3) is 0 Å². The van der Waals surface area contributed by atoms with Crippen LogP contribution in [0.5, 0.6) is 5.75 Å². The average Bonchev–Trinajstić information content (AvgIpc) is 3.11. The number of esters is 1. The molecule has 0 unspecified atom stereocenters. The first-order valence-electron chi connectivity index (χ1n) is 7.92. The number of aryl methyl sites for hydroxylation is 1. The number of carbonyl (C=O) groups excluding carboxylic acids is 2. The Hall–Kier alpha value is -2.74. The molecule has 1 N–H and O–H groups in total. The van der Waals surface area contributed by atoms with Gasteiger partial charge in [0.2, 0.25) is 0 Å². The van der Waals surface area contributed by atoms with Gasteiger partial charge in [0.05, 0.1) is 30.6 Å². The number of aldehydes is 1. The van der Waals surface area contributed by atoms with Crippen molar-refractivity contribution >= 4 is 12.3 Å². The van der Waals surface area contributed by atoms with E-state index in [1.165, 1.54) is 12.5 Å². The van der Waals surface area contributed by atoms with Gasteiger partial charge in [-0.2, -0.15) is 0 Å². The SMILES string of the molecule is CCOCCOc1c(C)ncc(COC(=O)Cc2cnc[nH]2)c1C=O. The molecule has 2 heterocycles. The molecule has 0 saturated heterocycles. The number of imidazole rings is 1. The molecule has 0 saturated carbocycles. The van der Waals surface area contributed by atoms with Gasteiger partial charge in [-0.05, 0) is 13.8 Å². The van der Waals surface area contributed by atoms with E-state index in [-0.39, 0.29) is 13.0 Å². The Morgan fingerprint density at radius 1 is 1.32 bits per heavy atom. The van der Waals surface area contributed by atoms with E-state index in [1.54, 1.807) is 13.1 Å². The lowest BCUT2D eigenvalue weighted by Gasteiger charge is -2.14. The van der Waals surface area contributed by atoms with Crippen molar-refractivity contribution in [2.24, 2.45) is 0 Å². The Bertz CT molecular complexity index is 701. The van der Waals surface area contributed by atoms with E-state index in [0.717, 1.165) is 0 Å². The van der Waals surface area contributed by atoms with Gasteiger partial charge in [-0.15, -0.1) is 0 Å². The molecule has 0 spiro atoms. The largest absolute Gasteiger partial charge is 0.489 e. The summed E-state index contributed by atoms with van der Waals surface area (Å²) in [6.07, 6.45) is 5.31. The predicted octanol–water partition coefficient (Wildman–Crippen LogP) is 1.63. The van der Waals surface area contributed by atoms with Crippen LogP contribution in [0.1, 0.15) is 34.2 Å². The van der Waals surface area contributed by atoms with Crippen molar-refractivity contribution in [3.63, 3.8) is 0 Å². The van der Waals surface area contributed by atoms with Crippen LogP contribution in [-0.2, 0) is 27.3 Å². The maximum Gasteiger partial charge on any atom is 0.312 e. The van der Waals surface area contributed by atoms with Crippen molar-refractivity contribution in [3.8, 4) is 5.75 Å². The molecule has 0 aliphatic rings. The zero-order chi connectivity index (χ0) is 18.1. The fourth-order valence-electron chi connectivity index (χ4n) is 2.16. The van der Waals surface area contributed by atoms with Gasteiger partial charge in [0.1, 0.15) is 13.2 Å². The summed E-state index contributed by atoms with van der Waals surface area (Å²) >= 11 is 0. The number of aromatic nitrogens is 3. The highest BCUT2D eigenvalue weighted by atomic mass is 16.5. The third-order valence-corrected chi connectivity index (χ3v) is 3.41. The molecule has 0 atom stereocenters. The van der Waals surface area contributed by atoms with Gasteiger partial charge >= 0.3 is 5.97 Å². The number of nitrogens with zero attached hydrogens (tertiary/aromatic N) is 2. The van der Waals surface area contributed by atoms with Gasteiger partial charge < -0.3 is 19.2 Å². The molecular formula is C17H21N3O5. The highest BCUT2D eigenvalue weighted by Gasteiger charge is 2.15. The van der Waals surface area contributed by atoms with Gasteiger partial charge in [0.15, 0.2) is 12.0 Å². The Morgan fingerprint density at radius 2 is 2.16 bits per heavy atom. The highest BCUT2D eigenvalue weighted by molar-refractivity contribution is 5.82. The monoisotopic (exact) mass is 347 g/mol. The van der Waals surface area contributed by atoms with E-state index in [2.05, 4.69) is 15.0 Å². The molecule has 0 amide bonds. The molecule has 134 valence electrons. The lowest BCUT2D eigenvalue weighted by molar-refractivity contribution is -0.144. The fourth-order valence-corrected chi connectivity index (χ4v) is 2.16. The van der Waals surface area contributed by atoms with Crippen molar-refractivity contribution in [2.75, 3.05) is 19.8 Å². The number of rotatable bonds is 10. The summed E-state index contributed by atoms with van der Waals surface area (Å²) in [6, 6.07) is 0. The topological polar surface area (TPSA) is 103 Å². The van der Waals surface area contributed by atoms with Gasteiger partial charge in [-0.3, -0.25) is 14.6 Å². The van der Waals surface area contributed by atoms with E-state index in [1.807, 2.05) is 6.92 Å². The van der Waals surface area contributed by atoms with Crippen molar-refractivity contribution < 1.29 is 23.8 Å². The summed E-state index contributed by atoms with van der Waals surface area (Å²) in [5, 5.41) is 0. The zero-order valence-corrected chi connectivity index (χ0v) is 14.3. The van der Waals surface area contributed by atoms with E-state index < -0.39 is 5.97 Å². The van der Waals surface area contributed by atoms with E-state index in [4.69, 9.17) is 14.2 Å². The standard InChI is InChI=1S/C17H21N3O5/c1-3-23-4-5-24-17-12(2)19-7-13(15(17)9-21)10-25-16(22)6-14-8-18-11-20-14/h7-9,11H,3-6,10H2,1-2H3,(H,18,20). The van der Waals surface area contributed by atoms with Crippen LogP contribution in [0.3, 0.4) is 0 Å². The molecule has 8 heteroatoms. The van der Waals surface area contributed by atoms with E-state index >= 15 is 0 Å². The van der Waals surface area contributed by atoms with E-state index in [9.17, 15) is 9.59 Å². The van der Waals surface area contributed by atoms with Gasteiger partial charge in [0.25, 0.3) is 0 Å². The van der Waals surface area contributed by atoms with Crippen LogP contribution in [0, 0.1) is 6.92 Å². The Morgan fingerprint density at radius 3 is 2.84 bits per heavy atom. The van der Waals surface area contributed by atoms with Crippen molar-refractivity contribution in [1.82, 2.24) is 15.0 Å². The lowest BCUT2D eigenvalue weighted by atomic mass is 10.1. The lowest BCUT2D eigenvalue weighted by Crippen LogP contribution is -2.12. The summed E-state index contributed by atoms with van der Waals surface area (Å²) in [6.45, 7) is 4.89. The molecule has 2 aromatic rings. The Labute approximate surface area is 145 Å². The Kier molecular flexibility index (Phi) is 7.09. The minimum Gasteiger partial charge on any atom is -0.489 e. The fraction of sp³-hybridized carbons (Fsp3) is 0.412. The number of hydrogen-bond donors (Lipinski definition) is 1. The van der Waals surface area contributed by atoms with Crippen molar-refractivity contribution in [3.05, 3.63) is 41.2 Å². The van der Waals surface area contributed by atoms with Crippen LogP contribution in [0.2, 0.25) is 0 Å².